The summed E-state index contributed by atoms with van der Waals surface area (Å²) >= 11 is 0. The van der Waals surface area contributed by atoms with Crippen LogP contribution < -0.4 is 4.74 Å². The third kappa shape index (κ3) is 2.98. The summed E-state index contributed by atoms with van der Waals surface area (Å²) in [5, 5.41) is 0. The average molecular weight is 259 g/mol. The van der Waals surface area contributed by atoms with Crippen molar-refractivity contribution in [2.75, 3.05) is 6.61 Å². The third-order valence-electron chi connectivity index (χ3n) is 2.88. The van der Waals surface area contributed by atoms with Crippen LogP contribution in [0.4, 0.5) is 0 Å². The summed E-state index contributed by atoms with van der Waals surface area (Å²) in [6.45, 7) is 10.9. The van der Waals surface area contributed by atoms with E-state index in [2.05, 4.69) is 25.8 Å². The Hall–Kier alpha value is -1.77. The largest absolute Gasteiger partial charge is 0.494 e. The van der Waals surface area contributed by atoms with E-state index in [4.69, 9.17) is 9.15 Å². The first-order valence-electron chi connectivity index (χ1n) is 6.63. The van der Waals surface area contributed by atoms with Gasteiger partial charge in [-0.15, -0.1) is 0 Å². The number of aromatic nitrogens is 1. The predicted octanol–water partition coefficient (Wildman–Crippen LogP) is 4.35. The summed E-state index contributed by atoms with van der Waals surface area (Å²) in [6, 6.07) is 7.96. The molecule has 0 aliphatic heterocycles. The number of hydrogen-bond donors (Lipinski definition) is 0. The smallest absolute Gasteiger partial charge is 0.200 e. The van der Waals surface area contributed by atoms with Crippen LogP contribution >= 0.6 is 0 Å². The topological polar surface area (TPSA) is 35.3 Å². The van der Waals surface area contributed by atoms with Gasteiger partial charge in [0.05, 0.1) is 6.61 Å². The highest BCUT2D eigenvalue weighted by Crippen LogP contribution is 2.30. The quantitative estimate of drug-likeness (QED) is 0.822. The van der Waals surface area contributed by atoms with Gasteiger partial charge in [-0.2, -0.15) is 0 Å². The number of ether oxygens (including phenoxy) is 1. The molecule has 0 spiro atoms. The number of hydrogen-bond acceptors (Lipinski definition) is 3. The second-order valence-electron chi connectivity index (χ2n) is 5.63. The highest BCUT2D eigenvalue weighted by molar-refractivity contribution is 5.62. The molecular formula is C16H21NO2. The van der Waals surface area contributed by atoms with Gasteiger partial charge in [0.2, 0.25) is 0 Å². The number of aryl methyl sites for hydroxylation is 1. The fourth-order valence-electron chi connectivity index (χ4n) is 1.86. The van der Waals surface area contributed by atoms with Gasteiger partial charge in [0, 0.05) is 11.0 Å². The summed E-state index contributed by atoms with van der Waals surface area (Å²) in [5.74, 6) is 2.51. The van der Waals surface area contributed by atoms with Gasteiger partial charge in [0.1, 0.15) is 17.2 Å². The van der Waals surface area contributed by atoms with Crippen LogP contribution in [0.2, 0.25) is 0 Å². The van der Waals surface area contributed by atoms with Crippen molar-refractivity contribution < 1.29 is 9.15 Å². The van der Waals surface area contributed by atoms with Crippen LogP contribution in [0.25, 0.3) is 11.3 Å². The molecule has 1 aromatic heterocycles. The second-order valence-corrected chi connectivity index (χ2v) is 5.63. The van der Waals surface area contributed by atoms with Crippen LogP contribution in [0.1, 0.15) is 39.3 Å². The molecule has 2 rings (SSSR count). The van der Waals surface area contributed by atoms with Gasteiger partial charge in [-0.25, -0.2) is 4.98 Å². The zero-order valence-corrected chi connectivity index (χ0v) is 12.3. The van der Waals surface area contributed by atoms with Crippen molar-refractivity contribution in [3.63, 3.8) is 0 Å². The highest BCUT2D eigenvalue weighted by atomic mass is 16.5. The summed E-state index contributed by atoms with van der Waals surface area (Å²) in [5.41, 5.74) is 1.89. The molecule has 1 aromatic carbocycles. The molecule has 0 saturated heterocycles. The molecule has 0 saturated carbocycles. The molecule has 1 heterocycles. The second kappa shape index (κ2) is 5.08. The van der Waals surface area contributed by atoms with Gasteiger partial charge in [0.15, 0.2) is 5.89 Å². The molecule has 3 heteroatoms. The molecule has 0 atom stereocenters. The van der Waals surface area contributed by atoms with Crippen LogP contribution in [0.5, 0.6) is 5.75 Å². The van der Waals surface area contributed by atoms with Gasteiger partial charge in [-0.05, 0) is 38.1 Å². The molecule has 0 radical (unpaired) electrons. The van der Waals surface area contributed by atoms with E-state index in [0.717, 1.165) is 28.7 Å². The molecule has 19 heavy (non-hydrogen) atoms. The Morgan fingerprint density at radius 2 is 1.79 bits per heavy atom. The maximum Gasteiger partial charge on any atom is 0.200 e. The minimum absolute atomic E-state index is 0.0751. The van der Waals surface area contributed by atoms with Gasteiger partial charge in [-0.3, -0.25) is 0 Å². The van der Waals surface area contributed by atoms with E-state index in [9.17, 15) is 0 Å². The lowest BCUT2D eigenvalue weighted by Crippen LogP contribution is -2.11. The first-order valence-corrected chi connectivity index (χ1v) is 6.63. The van der Waals surface area contributed by atoms with E-state index in [1.54, 1.807) is 0 Å². The van der Waals surface area contributed by atoms with Gasteiger partial charge >= 0.3 is 0 Å². The maximum atomic E-state index is 5.77. The molecule has 0 aliphatic rings. The maximum absolute atomic E-state index is 5.77. The molecule has 102 valence electrons. The van der Waals surface area contributed by atoms with Gasteiger partial charge in [-0.1, -0.05) is 20.8 Å². The number of oxazole rings is 1. The van der Waals surface area contributed by atoms with Crippen LogP contribution in [0, 0.1) is 6.92 Å². The molecule has 3 nitrogen and oxygen atoms in total. The zero-order valence-electron chi connectivity index (χ0n) is 12.3. The Kier molecular flexibility index (Phi) is 3.65. The minimum atomic E-state index is -0.0751. The van der Waals surface area contributed by atoms with E-state index < -0.39 is 0 Å². The molecule has 0 unspecified atom stereocenters. The molecule has 0 fully saturated rings. The lowest BCUT2D eigenvalue weighted by molar-refractivity contribution is 0.340. The fraction of sp³-hybridized carbons (Fsp3) is 0.438. The van der Waals surface area contributed by atoms with E-state index >= 15 is 0 Å². The number of benzene rings is 1. The summed E-state index contributed by atoms with van der Waals surface area (Å²) < 4.78 is 11.2. The highest BCUT2D eigenvalue weighted by Gasteiger charge is 2.22. The molecule has 0 amide bonds. The van der Waals surface area contributed by atoms with Crippen molar-refractivity contribution in [1.82, 2.24) is 4.98 Å². The van der Waals surface area contributed by atoms with E-state index in [1.807, 2.05) is 38.1 Å². The minimum Gasteiger partial charge on any atom is -0.494 e. The normalized spacial score (nSPS) is 11.6. The molecule has 0 bridgehead atoms. The zero-order chi connectivity index (χ0) is 14.0. The summed E-state index contributed by atoms with van der Waals surface area (Å²) in [7, 11) is 0. The van der Waals surface area contributed by atoms with E-state index in [0.29, 0.717) is 6.61 Å². The number of nitrogens with zero attached hydrogens (tertiary/aromatic N) is 1. The fourth-order valence-corrected chi connectivity index (χ4v) is 1.86. The Morgan fingerprint density at radius 3 is 2.26 bits per heavy atom. The van der Waals surface area contributed by atoms with Crippen LogP contribution in [-0.4, -0.2) is 11.6 Å². The summed E-state index contributed by atoms with van der Waals surface area (Å²) in [6.07, 6.45) is 0. The van der Waals surface area contributed by atoms with Crippen LogP contribution in [-0.2, 0) is 5.41 Å². The monoisotopic (exact) mass is 259 g/mol. The number of rotatable bonds is 3. The first-order chi connectivity index (χ1) is 8.91. The molecule has 0 N–H and O–H groups in total. The van der Waals surface area contributed by atoms with Crippen LogP contribution in [0.3, 0.4) is 0 Å². The lowest BCUT2D eigenvalue weighted by Gasteiger charge is -2.11. The van der Waals surface area contributed by atoms with Crippen molar-refractivity contribution >= 4 is 0 Å². The molecule has 2 aromatic rings. The van der Waals surface area contributed by atoms with Gasteiger partial charge < -0.3 is 9.15 Å². The molecular weight excluding hydrogens is 238 g/mol. The van der Waals surface area contributed by atoms with E-state index in [1.165, 1.54) is 0 Å². The first kappa shape index (κ1) is 13.7. The van der Waals surface area contributed by atoms with Crippen molar-refractivity contribution in [1.29, 1.82) is 0 Å². The Labute approximate surface area is 114 Å². The standard InChI is InChI=1S/C16H21NO2/c1-6-18-13-9-7-12(8-10-13)14-11(2)19-15(17-14)16(3,4)5/h7-10H,6H2,1-5H3. The molecule has 0 aliphatic carbocycles. The summed E-state index contributed by atoms with van der Waals surface area (Å²) in [4.78, 5) is 4.62. The van der Waals surface area contributed by atoms with Gasteiger partial charge in [0.25, 0.3) is 0 Å². The average Bonchev–Trinajstić information content (AvgIpc) is 2.73. The Bertz CT molecular complexity index is 547. The van der Waals surface area contributed by atoms with E-state index in [-0.39, 0.29) is 5.41 Å². The van der Waals surface area contributed by atoms with Crippen LogP contribution in [0.15, 0.2) is 28.7 Å². The van der Waals surface area contributed by atoms with Crippen molar-refractivity contribution in [3.05, 3.63) is 35.9 Å². The predicted molar refractivity (Wildman–Crippen MR) is 76.5 cm³/mol. The lowest BCUT2D eigenvalue weighted by atomic mass is 9.97. The van der Waals surface area contributed by atoms with Crippen molar-refractivity contribution in [2.45, 2.75) is 40.0 Å². The third-order valence-corrected chi connectivity index (χ3v) is 2.88. The Balaban J connectivity index is 2.34. The Morgan fingerprint density at radius 1 is 1.16 bits per heavy atom. The SMILES string of the molecule is CCOc1ccc(-c2nc(C(C)(C)C)oc2C)cc1. The van der Waals surface area contributed by atoms with Crippen molar-refractivity contribution in [3.8, 4) is 17.0 Å². The van der Waals surface area contributed by atoms with Crippen molar-refractivity contribution in [2.24, 2.45) is 0 Å².